The maximum Gasteiger partial charge on any atom is 0.326 e. The van der Waals surface area contributed by atoms with Crippen LogP contribution in [0.1, 0.15) is 42.0 Å². The van der Waals surface area contributed by atoms with Gasteiger partial charge in [0.2, 0.25) is 0 Å². The summed E-state index contributed by atoms with van der Waals surface area (Å²) in [7, 11) is 0. The number of aromatic nitrogens is 3. The minimum atomic E-state index is -1.05. The molecule has 1 atom stereocenters. The number of aliphatic carboxylic acids is 1. The normalized spacial score (nSPS) is 12.2. The molecule has 2 N–H and O–H groups in total. The lowest BCUT2D eigenvalue weighted by molar-refractivity contribution is -0.139. The second kappa shape index (κ2) is 7.25. The van der Waals surface area contributed by atoms with Crippen LogP contribution < -0.4 is 5.32 Å². The SMILES string of the molecule is Cc1ccc(-n2nnc(C(=O)N[C@@H](CC(C)C)C(=O)O)c2C)cc1. The zero-order valence-corrected chi connectivity index (χ0v) is 14.3. The second-order valence-corrected chi connectivity index (χ2v) is 6.26. The highest BCUT2D eigenvalue weighted by molar-refractivity contribution is 5.95. The molecule has 2 rings (SSSR count). The van der Waals surface area contributed by atoms with E-state index in [-0.39, 0.29) is 11.6 Å². The summed E-state index contributed by atoms with van der Waals surface area (Å²) in [5.74, 6) is -1.43. The molecule has 7 nitrogen and oxygen atoms in total. The molecule has 1 heterocycles. The predicted octanol–water partition coefficient (Wildman–Crippen LogP) is 2.11. The first-order valence-corrected chi connectivity index (χ1v) is 7.82. The number of amides is 1. The van der Waals surface area contributed by atoms with Gasteiger partial charge in [-0.25, -0.2) is 9.48 Å². The van der Waals surface area contributed by atoms with Gasteiger partial charge in [0.25, 0.3) is 5.91 Å². The van der Waals surface area contributed by atoms with E-state index in [1.807, 2.05) is 45.0 Å². The van der Waals surface area contributed by atoms with E-state index in [4.69, 9.17) is 0 Å². The Balaban J connectivity index is 2.21. The van der Waals surface area contributed by atoms with Crippen molar-refractivity contribution in [3.05, 3.63) is 41.2 Å². The van der Waals surface area contributed by atoms with Crippen molar-refractivity contribution in [2.75, 3.05) is 0 Å². The molecule has 7 heteroatoms. The molecule has 1 aromatic heterocycles. The second-order valence-electron chi connectivity index (χ2n) is 6.26. The summed E-state index contributed by atoms with van der Waals surface area (Å²) in [6, 6.07) is 6.72. The van der Waals surface area contributed by atoms with E-state index in [1.54, 1.807) is 11.6 Å². The van der Waals surface area contributed by atoms with Crippen LogP contribution in [0.5, 0.6) is 0 Å². The summed E-state index contributed by atoms with van der Waals surface area (Å²) >= 11 is 0. The van der Waals surface area contributed by atoms with Crippen LogP contribution in [0.3, 0.4) is 0 Å². The minimum Gasteiger partial charge on any atom is -0.480 e. The molecule has 0 radical (unpaired) electrons. The Labute approximate surface area is 140 Å². The van der Waals surface area contributed by atoms with Crippen molar-refractivity contribution in [1.29, 1.82) is 0 Å². The zero-order chi connectivity index (χ0) is 17.9. The fraction of sp³-hybridized carbons (Fsp3) is 0.412. The van der Waals surface area contributed by atoms with E-state index in [9.17, 15) is 14.7 Å². The molecule has 0 fully saturated rings. The molecule has 1 amide bonds. The maximum atomic E-state index is 12.4. The number of carboxylic acid groups (broad SMARTS) is 1. The van der Waals surface area contributed by atoms with Crippen molar-refractivity contribution in [1.82, 2.24) is 20.3 Å². The van der Waals surface area contributed by atoms with Gasteiger partial charge in [-0.2, -0.15) is 0 Å². The lowest BCUT2D eigenvalue weighted by Gasteiger charge is -2.15. The zero-order valence-electron chi connectivity index (χ0n) is 14.3. The van der Waals surface area contributed by atoms with Crippen molar-refractivity contribution in [2.24, 2.45) is 5.92 Å². The average Bonchev–Trinajstić information content (AvgIpc) is 2.88. The van der Waals surface area contributed by atoms with Crippen molar-refractivity contribution in [2.45, 2.75) is 40.2 Å². The van der Waals surface area contributed by atoms with Crippen molar-refractivity contribution in [3.63, 3.8) is 0 Å². The van der Waals surface area contributed by atoms with Gasteiger partial charge in [-0.1, -0.05) is 36.8 Å². The van der Waals surface area contributed by atoms with Gasteiger partial charge in [-0.15, -0.1) is 5.10 Å². The van der Waals surface area contributed by atoms with Gasteiger partial charge in [-0.3, -0.25) is 4.79 Å². The summed E-state index contributed by atoms with van der Waals surface area (Å²) in [5.41, 5.74) is 2.60. The summed E-state index contributed by atoms with van der Waals surface area (Å²) in [6.45, 7) is 7.52. The first kappa shape index (κ1) is 17.7. The number of nitrogens with one attached hydrogen (secondary N) is 1. The van der Waals surface area contributed by atoms with E-state index in [1.165, 1.54) is 0 Å². The van der Waals surface area contributed by atoms with Crippen LogP contribution in [-0.2, 0) is 4.79 Å². The molecule has 0 aliphatic heterocycles. The minimum absolute atomic E-state index is 0.130. The molecule has 128 valence electrons. The van der Waals surface area contributed by atoms with Gasteiger partial charge in [0.15, 0.2) is 5.69 Å². The number of carboxylic acids is 1. The Morgan fingerprint density at radius 3 is 2.38 bits per heavy atom. The van der Waals surface area contributed by atoms with Crippen LogP contribution in [0.4, 0.5) is 0 Å². The monoisotopic (exact) mass is 330 g/mol. The van der Waals surface area contributed by atoms with E-state index in [0.717, 1.165) is 11.3 Å². The van der Waals surface area contributed by atoms with Crippen LogP contribution in [0.25, 0.3) is 5.69 Å². The third kappa shape index (κ3) is 3.98. The molecular weight excluding hydrogens is 308 g/mol. The molecule has 0 saturated heterocycles. The molecule has 0 spiro atoms. The Bertz CT molecular complexity index is 735. The molecule has 0 aliphatic rings. The Morgan fingerprint density at radius 2 is 1.83 bits per heavy atom. The van der Waals surface area contributed by atoms with E-state index in [0.29, 0.717) is 12.1 Å². The van der Waals surface area contributed by atoms with Crippen LogP contribution in [-0.4, -0.2) is 38.0 Å². The number of benzene rings is 1. The van der Waals surface area contributed by atoms with E-state index in [2.05, 4.69) is 15.6 Å². The third-order valence-corrected chi connectivity index (χ3v) is 3.70. The smallest absolute Gasteiger partial charge is 0.326 e. The fourth-order valence-corrected chi connectivity index (χ4v) is 2.39. The van der Waals surface area contributed by atoms with Crippen LogP contribution in [0, 0.1) is 19.8 Å². The predicted molar refractivity (Wildman–Crippen MR) is 89.2 cm³/mol. The highest BCUT2D eigenvalue weighted by atomic mass is 16.4. The highest BCUT2D eigenvalue weighted by Crippen LogP contribution is 2.14. The topological polar surface area (TPSA) is 97.1 Å². The van der Waals surface area contributed by atoms with Gasteiger partial charge in [0, 0.05) is 0 Å². The number of rotatable bonds is 6. The number of hydrogen-bond donors (Lipinski definition) is 2. The number of hydrogen-bond acceptors (Lipinski definition) is 4. The van der Waals surface area contributed by atoms with Gasteiger partial charge in [0.05, 0.1) is 11.4 Å². The van der Waals surface area contributed by atoms with Gasteiger partial charge >= 0.3 is 5.97 Å². The van der Waals surface area contributed by atoms with Crippen LogP contribution >= 0.6 is 0 Å². The maximum absolute atomic E-state index is 12.4. The molecule has 24 heavy (non-hydrogen) atoms. The molecular formula is C17H22N4O3. The van der Waals surface area contributed by atoms with Crippen LogP contribution in [0.2, 0.25) is 0 Å². The van der Waals surface area contributed by atoms with Crippen molar-refractivity contribution >= 4 is 11.9 Å². The average molecular weight is 330 g/mol. The molecule has 0 aliphatic carbocycles. The van der Waals surface area contributed by atoms with Crippen molar-refractivity contribution in [3.8, 4) is 5.69 Å². The standard InChI is InChI=1S/C17H22N4O3/c1-10(2)9-14(17(23)24)18-16(22)15-12(4)21(20-19-15)13-7-5-11(3)6-8-13/h5-8,10,14H,9H2,1-4H3,(H,18,22)(H,23,24)/t14-/m0/s1. The number of nitrogens with zero attached hydrogens (tertiary/aromatic N) is 3. The lowest BCUT2D eigenvalue weighted by atomic mass is 10.0. The number of carbonyl (C=O) groups is 2. The Kier molecular flexibility index (Phi) is 5.33. The first-order chi connectivity index (χ1) is 11.3. The Morgan fingerprint density at radius 1 is 1.21 bits per heavy atom. The highest BCUT2D eigenvalue weighted by Gasteiger charge is 2.25. The largest absolute Gasteiger partial charge is 0.480 e. The number of carbonyl (C=O) groups excluding carboxylic acids is 1. The Hall–Kier alpha value is -2.70. The number of aryl methyl sites for hydroxylation is 1. The molecule has 0 unspecified atom stereocenters. The van der Waals surface area contributed by atoms with Gasteiger partial charge < -0.3 is 10.4 Å². The summed E-state index contributed by atoms with van der Waals surface area (Å²) in [4.78, 5) is 23.7. The molecule has 1 aromatic carbocycles. The lowest BCUT2D eigenvalue weighted by Crippen LogP contribution is -2.42. The van der Waals surface area contributed by atoms with E-state index < -0.39 is 17.9 Å². The molecule has 0 bridgehead atoms. The van der Waals surface area contributed by atoms with Crippen molar-refractivity contribution < 1.29 is 14.7 Å². The molecule has 0 saturated carbocycles. The summed E-state index contributed by atoms with van der Waals surface area (Å²) < 4.78 is 1.56. The summed E-state index contributed by atoms with van der Waals surface area (Å²) in [6.07, 6.45) is 0.353. The molecule has 2 aromatic rings. The van der Waals surface area contributed by atoms with Gasteiger partial charge in [0.1, 0.15) is 6.04 Å². The first-order valence-electron chi connectivity index (χ1n) is 7.82. The van der Waals surface area contributed by atoms with Crippen LogP contribution in [0.15, 0.2) is 24.3 Å². The third-order valence-electron chi connectivity index (χ3n) is 3.70. The quantitative estimate of drug-likeness (QED) is 0.845. The summed E-state index contributed by atoms with van der Waals surface area (Å²) in [5, 5.41) is 19.7. The van der Waals surface area contributed by atoms with Gasteiger partial charge in [-0.05, 0) is 38.3 Å². The fourth-order valence-electron chi connectivity index (χ4n) is 2.39. The van der Waals surface area contributed by atoms with E-state index >= 15 is 0 Å².